The lowest BCUT2D eigenvalue weighted by Gasteiger charge is -2.37. The lowest BCUT2D eigenvalue weighted by atomic mass is 9.82. The van der Waals surface area contributed by atoms with Gasteiger partial charge >= 0.3 is 0 Å². The molecule has 0 aliphatic carbocycles. The fraction of sp³-hybridized carbons (Fsp3) is 0.432. The molecule has 3 aromatic rings. The number of ether oxygens (including phenoxy) is 1. The van der Waals surface area contributed by atoms with Gasteiger partial charge in [-0.3, -0.25) is 14.4 Å². The standard InChI is InChI=1S/C37H41BrFN3O5Si/c1-23-35(48(2,3)39)32(19-34(45)41-21-26-10-5-4-9-25(26)17-29(41)22-43)47-37(23)30-18-27(38)13-14-31(30)42(36(37)46)20-24-8-6-11-28(16-24)40-15-7-12-33(40)44/h4-6,8-11,13-14,16,18,23,29,32,35,43H,7,12,15,17,19-22H2,1-3H3/t23-,29+,32+,35-,37+/m1/s1. The molecule has 3 aromatic carbocycles. The number of carbonyl (C=O) groups excluding carboxylic acids is 3. The number of carbonyl (C=O) groups is 3. The number of anilines is 2. The first-order valence-electron chi connectivity index (χ1n) is 16.8. The van der Waals surface area contributed by atoms with Crippen LogP contribution in [0.15, 0.2) is 71.2 Å². The van der Waals surface area contributed by atoms with Crippen molar-refractivity contribution in [3.8, 4) is 0 Å². The van der Waals surface area contributed by atoms with E-state index in [9.17, 15) is 19.5 Å². The zero-order chi connectivity index (χ0) is 34.0. The van der Waals surface area contributed by atoms with Gasteiger partial charge in [-0.2, -0.15) is 0 Å². The molecular formula is C37H41BrFN3O5Si. The topological polar surface area (TPSA) is 90.4 Å². The van der Waals surface area contributed by atoms with Gasteiger partial charge in [-0.15, -0.1) is 0 Å². The molecule has 4 aliphatic heterocycles. The van der Waals surface area contributed by atoms with E-state index in [0.717, 1.165) is 33.3 Å². The molecule has 5 atom stereocenters. The van der Waals surface area contributed by atoms with Gasteiger partial charge in [0.15, 0.2) is 5.60 Å². The van der Waals surface area contributed by atoms with E-state index in [1.54, 1.807) is 27.8 Å². The number of halogens is 2. The number of nitrogens with zero attached hydrogens (tertiary/aromatic N) is 3. The average Bonchev–Trinajstić information content (AvgIpc) is 3.69. The molecule has 0 saturated carbocycles. The van der Waals surface area contributed by atoms with Crippen LogP contribution < -0.4 is 9.80 Å². The summed E-state index contributed by atoms with van der Waals surface area (Å²) in [6.45, 7) is 6.25. The highest BCUT2D eigenvalue weighted by atomic mass is 79.9. The quantitative estimate of drug-likeness (QED) is 0.230. The van der Waals surface area contributed by atoms with Gasteiger partial charge in [-0.25, -0.2) is 0 Å². The normalized spacial score (nSPS) is 26.8. The molecule has 0 radical (unpaired) electrons. The first-order chi connectivity index (χ1) is 22.9. The van der Waals surface area contributed by atoms with Crippen molar-refractivity contribution in [3.05, 3.63) is 93.5 Å². The van der Waals surface area contributed by atoms with Crippen molar-refractivity contribution in [1.82, 2.24) is 4.90 Å². The Balaban J connectivity index is 1.22. The first kappa shape index (κ1) is 33.1. The number of fused-ring (bicyclic) bond motifs is 3. The summed E-state index contributed by atoms with van der Waals surface area (Å²) in [5, 5.41) is 10.2. The van der Waals surface area contributed by atoms with E-state index in [2.05, 4.69) is 15.9 Å². The predicted octanol–water partition coefficient (Wildman–Crippen LogP) is 6.23. The van der Waals surface area contributed by atoms with Crippen LogP contribution in [0.5, 0.6) is 0 Å². The minimum absolute atomic E-state index is 0.0850. The van der Waals surface area contributed by atoms with E-state index >= 15 is 4.11 Å². The second kappa shape index (κ2) is 12.5. The van der Waals surface area contributed by atoms with E-state index in [1.165, 1.54) is 0 Å². The van der Waals surface area contributed by atoms with E-state index in [-0.39, 0.29) is 43.3 Å². The maximum Gasteiger partial charge on any atom is 0.264 e. The molecule has 1 spiro atoms. The van der Waals surface area contributed by atoms with Crippen molar-refractivity contribution < 1.29 is 28.3 Å². The van der Waals surface area contributed by atoms with Crippen molar-refractivity contribution in [2.24, 2.45) is 5.92 Å². The second-order valence-electron chi connectivity index (χ2n) is 14.2. The molecule has 11 heteroatoms. The summed E-state index contributed by atoms with van der Waals surface area (Å²) in [7, 11) is -3.50. The molecule has 48 heavy (non-hydrogen) atoms. The summed E-state index contributed by atoms with van der Waals surface area (Å²) in [6, 6.07) is 20.9. The molecule has 0 aromatic heterocycles. The van der Waals surface area contributed by atoms with E-state index in [1.807, 2.05) is 73.7 Å². The third-order valence-electron chi connectivity index (χ3n) is 10.8. The maximum atomic E-state index is 16.4. The van der Waals surface area contributed by atoms with Crippen LogP contribution in [-0.2, 0) is 44.2 Å². The molecule has 1 N–H and O–H groups in total. The van der Waals surface area contributed by atoms with Crippen molar-refractivity contribution in [2.45, 2.75) is 82.1 Å². The number of benzene rings is 3. The molecule has 7 rings (SSSR count). The van der Waals surface area contributed by atoms with Gasteiger partial charge < -0.3 is 28.7 Å². The van der Waals surface area contributed by atoms with Crippen LogP contribution in [0, 0.1) is 5.92 Å². The van der Waals surface area contributed by atoms with Crippen LogP contribution in [-0.4, -0.2) is 61.4 Å². The van der Waals surface area contributed by atoms with Gasteiger partial charge in [0.1, 0.15) is 0 Å². The summed E-state index contributed by atoms with van der Waals surface area (Å²) >= 11 is 3.59. The Morgan fingerprint density at radius 3 is 2.56 bits per heavy atom. The summed E-state index contributed by atoms with van der Waals surface area (Å²) in [5.74, 6) is -0.942. The van der Waals surface area contributed by atoms with Gasteiger partial charge in [-0.1, -0.05) is 59.3 Å². The van der Waals surface area contributed by atoms with Crippen molar-refractivity contribution in [2.75, 3.05) is 23.0 Å². The first-order valence-corrected chi connectivity index (χ1v) is 20.5. The number of hydrogen-bond donors (Lipinski definition) is 1. The highest BCUT2D eigenvalue weighted by molar-refractivity contribution is 9.10. The fourth-order valence-electron chi connectivity index (χ4n) is 8.63. The maximum absolute atomic E-state index is 16.4. The van der Waals surface area contributed by atoms with Crippen LogP contribution in [0.25, 0.3) is 0 Å². The molecule has 2 fully saturated rings. The molecule has 2 saturated heterocycles. The summed E-state index contributed by atoms with van der Waals surface area (Å²) < 4.78 is 24.1. The Bertz CT molecular complexity index is 1780. The van der Waals surface area contributed by atoms with Crippen LogP contribution >= 0.6 is 15.9 Å². The van der Waals surface area contributed by atoms with Crippen LogP contribution in [0.3, 0.4) is 0 Å². The van der Waals surface area contributed by atoms with Crippen LogP contribution in [0.4, 0.5) is 15.5 Å². The summed E-state index contributed by atoms with van der Waals surface area (Å²) in [6.07, 6.45) is 0.978. The van der Waals surface area contributed by atoms with Gasteiger partial charge in [0.2, 0.25) is 20.2 Å². The monoisotopic (exact) mass is 733 g/mol. The number of aliphatic hydroxyl groups excluding tert-OH is 1. The van der Waals surface area contributed by atoms with Crippen LogP contribution in [0.2, 0.25) is 18.6 Å². The van der Waals surface area contributed by atoms with Gasteiger partial charge in [0, 0.05) is 46.7 Å². The minimum atomic E-state index is -3.50. The molecule has 0 unspecified atom stereocenters. The lowest BCUT2D eigenvalue weighted by molar-refractivity contribution is -0.151. The van der Waals surface area contributed by atoms with Crippen LogP contribution in [0.1, 0.15) is 48.4 Å². The second-order valence-corrected chi connectivity index (χ2v) is 18.9. The molecule has 252 valence electrons. The summed E-state index contributed by atoms with van der Waals surface area (Å²) in [4.78, 5) is 46.5. The molecule has 0 bridgehead atoms. The molecule has 8 nitrogen and oxygen atoms in total. The molecule has 4 heterocycles. The Morgan fingerprint density at radius 2 is 1.85 bits per heavy atom. The molecular weight excluding hydrogens is 693 g/mol. The van der Waals surface area contributed by atoms with Crippen molar-refractivity contribution in [3.63, 3.8) is 0 Å². The number of amides is 3. The average molecular weight is 735 g/mol. The van der Waals surface area contributed by atoms with Crippen molar-refractivity contribution >= 4 is 53.4 Å². The Kier molecular flexibility index (Phi) is 8.63. The highest BCUT2D eigenvalue weighted by Crippen LogP contribution is 2.60. The smallest absolute Gasteiger partial charge is 0.264 e. The summed E-state index contributed by atoms with van der Waals surface area (Å²) in [5.41, 5.74) is 3.06. The zero-order valence-corrected chi connectivity index (χ0v) is 30.1. The number of aliphatic hydroxyl groups is 1. The SMILES string of the molecule is C[C@@H]1[C@@H]([Si](C)(C)F)[C@H](CC(=O)N2Cc3ccccc3C[C@H]2CO)O[C@@]12C(=O)N(Cc1cccc(N3CCCC3=O)c1)c1ccc(Br)cc12. The van der Waals surface area contributed by atoms with Gasteiger partial charge in [0.05, 0.1) is 37.4 Å². The van der Waals surface area contributed by atoms with Crippen molar-refractivity contribution in [1.29, 1.82) is 0 Å². The number of rotatable bonds is 7. The third-order valence-corrected chi connectivity index (χ3v) is 13.8. The Labute approximate surface area is 290 Å². The molecule has 4 aliphatic rings. The predicted molar refractivity (Wildman–Crippen MR) is 188 cm³/mol. The largest absolute Gasteiger partial charge is 0.394 e. The van der Waals surface area contributed by atoms with E-state index in [0.29, 0.717) is 37.2 Å². The fourth-order valence-corrected chi connectivity index (χ4v) is 11.5. The lowest BCUT2D eigenvalue weighted by Crippen LogP contribution is -2.48. The Morgan fingerprint density at radius 1 is 1.08 bits per heavy atom. The number of hydrogen-bond acceptors (Lipinski definition) is 5. The highest BCUT2D eigenvalue weighted by Gasteiger charge is 2.67. The third kappa shape index (κ3) is 5.52. The zero-order valence-electron chi connectivity index (χ0n) is 27.5. The molecule has 3 amide bonds. The van der Waals surface area contributed by atoms with E-state index in [4.69, 9.17) is 4.74 Å². The Hall–Kier alpha value is -3.38. The van der Waals surface area contributed by atoms with Gasteiger partial charge in [-0.05, 0) is 73.0 Å². The minimum Gasteiger partial charge on any atom is -0.394 e. The van der Waals surface area contributed by atoms with Gasteiger partial charge in [0.25, 0.3) is 5.91 Å². The van der Waals surface area contributed by atoms with E-state index < -0.39 is 31.6 Å².